The topological polar surface area (TPSA) is 9.23 Å². The lowest BCUT2D eigenvalue weighted by Gasteiger charge is -2.61. The third kappa shape index (κ3) is 4.88. The molecule has 1 aromatic carbocycles. The third-order valence-corrected chi connectivity index (χ3v) is 12.6. The van der Waals surface area contributed by atoms with Crippen molar-refractivity contribution in [2.75, 3.05) is 0 Å². The van der Waals surface area contributed by atoms with Crippen LogP contribution < -0.4 is 4.74 Å². The molecule has 0 amide bonds. The van der Waals surface area contributed by atoms with Crippen molar-refractivity contribution < 1.29 is 4.74 Å². The first kappa shape index (κ1) is 26.1. The fourth-order valence-corrected chi connectivity index (χ4v) is 10.4. The molecule has 0 aromatic heterocycles. The van der Waals surface area contributed by atoms with Crippen molar-refractivity contribution in [2.24, 2.45) is 52.3 Å². The minimum absolute atomic E-state index is 0.389. The Kier molecular flexibility index (Phi) is 7.72. The number of rotatable bonds is 7. The second-order valence-corrected chi connectivity index (χ2v) is 15.0. The van der Waals surface area contributed by atoms with Gasteiger partial charge in [0.15, 0.2) is 0 Å². The van der Waals surface area contributed by atoms with Crippen LogP contribution in [0.4, 0.5) is 0 Å². The molecule has 196 valence electrons. The maximum Gasteiger partial charge on any atom is 0.133 e. The smallest absolute Gasteiger partial charge is 0.133 e. The van der Waals surface area contributed by atoms with E-state index >= 15 is 0 Å². The van der Waals surface area contributed by atoms with Crippen molar-refractivity contribution in [3.8, 4) is 5.75 Å². The number of fused-ring (bicyclic) bond motifs is 5. The molecular formula is C33H51BrO. The van der Waals surface area contributed by atoms with Crippen LogP contribution in [0, 0.1) is 52.3 Å². The molecule has 0 bridgehead atoms. The van der Waals surface area contributed by atoms with Crippen LogP contribution in [0.3, 0.4) is 0 Å². The van der Waals surface area contributed by atoms with Gasteiger partial charge < -0.3 is 4.74 Å². The quantitative estimate of drug-likeness (QED) is 0.332. The highest BCUT2D eigenvalue weighted by Gasteiger charge is 2.60. The molecule has 4 saturated carbocycles. The van der Waals surface area contributed by atoms with Crippen molar-refractivity contribution in [3.05, 3.63) is 28.7 Å². The molecule has 0 N–H and O–H groups in total. The van der Waals surface area contributed by atoms with E-state index in [2.05, 4.69) is 74.8 Å². The second-order valence-electron chi connectivity index (χ2n) is 14.1. The molecule has 9 atom stereocenters. The van der Waals surface area contributed by atoms with Crippen LogP contribution in [0.25, 0.3) is 0 Å². The Hall–Kier alpha value is -0.500. The molecule has 0 saturated heterocycles. The van der Waals surface area contributed by atoms with Gasteiger partial charge in [-0.15, -0.1) is 0 Å². The summed E-state index contributed by atoms with van der Waals surface area (Å²) in [6, 6.07) is 8.40. The van der Waals surface area contributed by atoms with Gasteiger partial charge in [-0.05, 0) is 138 Å². The predicted octanol–water partition coefficient (Wildman–Crippen LogP) is 10.3. The Morgan fingerprint density at radius 2 is 1.63 bits per heavy atom. The summed E-state index contributed by atoms with van der Waals surface area (Å²) >= 11 is 3.69. The lowest BCUT2D eigenvalue weighted by atomic mass is 9.44. The average molecular weight is 544 g/mol. The highest BCUT2D eigenvalue weighted by Crippen LogP contribution is 2.68. The van der Waals surface area contributed by atoms with Crippen LogP contribution in [0.15, 0.2) is 28.7 Å². The molecule has 0 radical (unpaired) electrons. The number of para-hydroxylation sites is 1. The molecule has 0 heterocycles. The zero-order valence-corrected chi connectivity index (χ0v) is 24.8. The van der Waals surface area contributed by atoms with Crippen LogP contribution >= 0.6 is 15.9 Å². The number of ether oxygens (including phenoxy) is 1. The Labute approximate surface area is 224 Å². The number of hydrogen-bond acceptors (Lipinski definition) is 1. The van der Waals surface area contributed by atoms with Gasteiger partial charge in [-0.2, -0.15) is 0 Å². The minimum atomic E-state index is 0.389. The first-order valence-electron chi connectivity index (χ1n) is 15.1. The summed E-state index contributed by atoms with van der Waals surface area (Å²) in [4.78, 5) is 0. The van der Waals surface area contributed by atoms with Gasteiger partial charge in [0, 0.05) is 0 Å². The van der Waals surface area contributed by atoms with Gasteiger partial charge in [-0.3, -0.25) is 0 Å². The van der Waals surface area contributed by atoms with E-state index in [0.29, 0.717) is 16.9 Å². The van der Waals surface area contributed by atoms with E-state index in [1.807, 2.05) is 0 Å². The summed E-state index contributed by atoms with van der Waals surface area (Å²) in [6.45, 7) is 12.8. The van der Waals surface area contributed by atoms with Crippen LogP contribution in [-0.4, -0.2) is 6.10 Å². The Balaban J connectivity index is 1.24. The van der Waals surface area contributed by atoms with Crippen molar-refractivity contribution in [2.45, 2.75) is 118 Å². The zero-order valence-electron chi connectivity index (χ0n) is 23.2. The van der Waals surface area contributed by atoms with Gasteiger partial charge in [-0.1, -0.05) is 66.0 Å². The lowest BCUT2D eigenvalue weighted by molar-refractivity contribution is -0.126. The maximum absolute atomic E-state index is 6.54. The van der Waals surface area contributed by atoms with Gasteiger partial charge >= 0.3 is 0 Å². The summed E-state index contributed by atoms with van der Waals surface area (Å²) in [5.74, 6) is 7.56. The fraction of sp³-hybridized carbons (Fsp3) is 0.818. The monoisotopic (exact) mass is 542 g/mol. The lowest BCUT2D eigenvalue weighted by Crippen LogP contribution is -2.54. The van der Waals surface area contributed by atoms with Crippen molar-refractivity contribution in [3.63, 3.8) is 0 Å². The summed E-state index contributed by atoms with van der Waals surface area (Å²) in [7, 11) is 0. The second kappa shape index (κ2) is 10.3. The Morgan fingerprint density at radius 1 is 0.886 bits per heavy atom. The van der Waals surface area contributed by atoms with Crippen molar-refractivity contribution >= 4 is 15.9 Å². The van der Waals surface area contributed by atoms with E-state index in [9.17, 15) is 0 Å². The molecule has 4 aliphatic rings. The summed E-state index contributed by atoms with van der Waals surface area (Å²) in [6.07, 6.45) is 17.5. The van der Waals surface area contributed by atoms with E-state index in [1.165, 1.54) is 77.0 Å². The van der Waals surface area contributed by atoms with E-state index < -0.39 is 0 Å². The SMILES string of the molecule is CC(C)CCC[C@@H](C)[C@H]1CC[C@H]2[C@@H]3CC[C@H]4C[C@H](Oc5ccccc5Br)CC[C@]4(C)[C@H]3CC[C@]12C. The van der Waals surface area contributed by atoms with E-state index in [-0.39, 0.29) is 0 Å². The predicted molar refractivity (Wildman–Crippen MR) is 152 cm³/mol. The molecule has 0 aliphatic heterocycles. The summed E-state index contributed by atoms with van der Waals surface area (Å²) in [5.41, 5.74) is 1.15. The van der Waals surface area contributed by atoms with Gasteiger partial charge in [0.25, 0.3) is 0 Å². The standard InChI is InChI=1S/C33H51BrO/c1-22(2)9-8-10-23(3)27-15-16-28-26-14-13-24-21-25(35-31-12-7-6-11-30(31)34)17-19-32(24,4)29(26)18-20-33(27,28)5/h6-7,11-12,22-29H,8-10,13-21H2,1-5H3/t23-,24+,25-,26+,27-,28+,29+,32+,33-/m1/s1. The average Bonchev–Trinajstić information content (AvgIpc) is 3.18. The first-order valence-corrected chi connectivity index (χ1v) is 15.9. The number of halogens is 1. The largest absolute Gasteiger partial charge is 0.489 e. The molecular weight excluding hydrogens is 492 g/mol. The highest BCUT2D eigenvalue weighted by atomic mass is 79.9. The normalized spacial score (nSPS) is 41.7. The molecule has 2 heteroatoms. The van der Waals surface area contributed by atoms with E-state index in [1.54, 1.807) is 0 Å². The van der Waals surface area contributed by atoms with Crippen LogP contribution in [0.5, 0.6) is 5.75 Å². The van der Waals surface area contributed by atoms with Gasteiger partial charge in [0.05, 0.1) is 10.6 Å². The maximum atomic E-state index is 6.54. The highest BCUT2D eigenvalue weighted by molar-refractivity contribution is 9.10. The van der Waals surface area contributed by atoms with Crippen LogP contribution in [0.1, 0.15) is 112 Å². The molecule has 0 spiro atoms. The minimum Gasteiger partial charge on any atom is -0.489 e. The molecule has 5 rings (SSSR count). The van der Waals surface area contributed by atoms with Crippen molar-refractivity contribution in [1.82, 2.24) is 0 Å². The van der Waals surface area contributed by atoms with Gasteiger partial charge in [0.1, 0.15) is 5.75 Å². The number of benzene rings is 1. The summed E-state index contributed by atoms with van der Waals surface area (Å²) < 4.78 is 7.64. The van der Waals surface area contributed by atoms with E-state index in [4.69, 9.17) is 4.74 Å². The third-order valence-electron chi connectivity index (χ3n) is 11.9. The zero-order chi connectivity index (χ0) is 24.8. The number of hydrogen-bond donors (Lipinski definition) is 0. The molecule has 35 heavy (non-hydrogen) atoms. The van der Waals surface area contributed by atoms with Crippen LogP contribution in [-0.2, 0) is 0 Å². The molecule has 0 unspecified atom stereocenters. The molecule has 4 aliphatic carbocycles. The van der Waals surface area contributed by atoms with Crippen molar-refractivity contribution in [1.29, 1.82) is 0 Å². The van der Waals surface area contributed by atoms with Gasteiger partial charge in [-0.25, -0.2) is 0 Å². The van der Waals surface area contributed by atoms with Gasteiger partial charge in [0.2, 0.25) is 0 Å². The molecule has 1 aromatic rings. The van der Waals surface area contributed by atoms with Crippen LogP contribution in [0.2, 0.25) is 0 Å². The summed E-state index contributed by atoms with van der Waals surface area (Å²) in [5, 5.41) is 0. The fourth-order valence-electron chi connectivity index (χ4n) is 10.1. The van der Waals surface area contributed by atoms with E-state index in [0.717, 1.165) is 51.6 Å². The molecule has 4 fully saturated rings. The molecule has 1 nitrogen and oxygen atoms in total. The Bertz CT molecular complexity index is 864. The Morgan fingerprint density at radius 3 is 2.40 bits per heavy atom. The first-order chi connectivity index (χ1) is 16.7.